The first-order valence-corrected chi connectivity index (χ1v) is 7.35. The Bertz CT molecular complexity index is 647. The Morgan fingerprint density at radius 3 is 2.68 bits per heavy atom. The summed E-state index contributed by atoms with van der Waals surface area (Å²) in [7, 11) is 0. The van der Waals surface area contributed by atoms with Crippen LogP contribution in [0.3, 0.4) is 0 Å². The van der Waals surface area contributed by atoms with Gasteiger partial charge in [-0.3, -0.25) is 4.79 Å². The molecule has 0 aliphatic carbocycles. The average Bonchev–Trinajstić information content (AvgIpc) is 2.90. The minimum atomic E-state index is -0.356. The van der Waals surface area contributed by atoms with Gasteiger partial charge in [0.15, 0.2) is 0 Å². The second-order valence-electron chi connectivity index (χ2n) is 5.65. The highest BCUT2D eigenvalue weighted by molar-refractivity contribution is 5.85. The molecule has 0 bridgehead atoms. The molecule has 0 saturated carbocycles. The van der Waals surface area contributed by atoms with Gasteiger partial charge in [0.1, 0.15) is 0 Å². The molecule has 1 aliphatic heterocycles. The van der Waals surface area contributed by atoms with E-state index in [-0.39, 0.29) is 30.3 Å². The summed E-state index contributed by atoms with van der Waals surface area (Å²) in [5.74, 6) is 0.120. The third kappa shape index (κ3) is 3.97. The molecule has 3 rings (SSSR count). The monoisotopic (exact) mass is 320 g/mol. The maximum Gasteiger partial charge on any atom is 0.224 e. The molecule has 118 valence electrons. The maximum absolute atomic E-state index is 12.0. The summed E-state index contributed by atoms with van der Waals surface area (Å²) in [6.45, 7) is 1.91. The first-order valence-electron chi connectivity index (χ1n) is 7.35. The summed E-state index contributed by atoms with van der Waals surface area (Å²) in [5.41, 5.74) is 1.01. The summed E-state index contributed by atoms with van der Waals surface area (Å²) in [6.07, 6.45) is 0.0205. The van der Waals surface area contributed by atoms with Gasteiger partial charge in [0.05, 0.1) is 12.5 Å². The highest BCUT2D eigenvalue weighted by atomic mass is 35.5. The highest BCUT2D eigenvalue weighted by Gasteiger charge is 2.24. The molecule has 1 heterocycles. The minimum absolute atomic E-state index is 0. The first kappa shape index (κ1) is 16.7. The standard InChI is InChI=1S/C17H20N2O2.ClH/c20-16-11-18-9-15(16)10-19-17(21)8-12-5-6-13-3-1-2-4-14(13)7-12;/h1-7,15-16,18,20H,8-11H2,(H,19,21);1H. The smallest absolute Gasteiger partial charge is 0.224 e. The molecule has 5 heteroatoms. The lowest BCUT2D eigenvalue weighted by Gasteiger charge is -2.14. The van der Waals surface area contributed by atoms with Gasteiger partial charge in [-0.1, -0.05) is 42.5 Å². The Morgan fingerprint density at radius 2 is 1.95 bits per heavy atom. The summed E-state index contributed by atoms with van der Waals surface area (Å²) < 4.78 is 0. The molecule has 2 atom stereocenters. The van der Waals surface area contributed by atoms with Gasteiger partial charge in [0.25, 0.3) is 0 Å². The number of aliphatic hydroxyl groups is 1. The number of hydrogen-bond donors (Lipinski definition) is 3. The minimum Gasteiger partial charge on any atom is -0.391 e. The highest BCUT2D eigenvalue weighted by Crippen LogP contribution is 2.16. The number of aliphatic hydroxyl groups excluding tert-OH is 1. The number of carbonyl (C=O) groups is 1. The van der Waals surface area contributed by atoms with Crippen LogP contribution in [0.5, 0.6) is 0 Å². The lowest BCUT2D eigenvalue weighted by Crippen LogP contribution is -2.35. The van der Waals surface area contributed by atoms with Crippen molar-refractivity contribution in [2.24, 2.45) is 5.92 Å². The fourth-order valence-corrected chi connectivity index (χ4v) is 2.77. The molecule has 1 fully saturated rings. The van der Waals surface area contributed by atoms with Crippen LogP contribution in [0.1, 0.15) is 5.56 Å². The number of carbonyl (C=O) groups excluding carboxylic acids is 1. The quantitative estimate of drug-likeness (QED) is 0.800. The van der Waals surface area contributed by atoms with Crippen molar-refractivity contribution in [3.05, 3.63) is 48.0 Å². The first-order chi connectivity index (χ1) is 10.2. The molecular weight excluding hydrogens is 300 g/mol. The molecule has 4 nitrogen and oxygen atoms in total. The van der Waals surface area contributed by atoms with Crippen molar-refractivity contribution < 1.29 is 9.90 Å². The normalized spacial score (nSPS) is 20.6. The molecule has 1 saturated heterocycles. The van der Waals surface area contributed by atoms with Crippen LogP contribution in [0.25, 0.3) is 10.8 Å². The number of fused-ring (bicyclic) bond motifs is 1. The lowest BCUT2D eigenvalue weighted by atomic mass is 10.0. The van der Waals surface area contributed by atoms with Gasteiger partial charge >= 0.3 is 0 Å². The van der Waals surface area contributed by atoms with Gasteiger partial charge in [-0.05, 0) is 16.3 Å². The van der Waals surface area contributed by atoms with Crippen molar-refractivity contribution in [2.75, 3.05) is 19.6 Å². The van der Waals surface area contributed by atoms with E-state index in [1.54, 1.807) is 0 Å². The number of nitrogens with one attached hydrogen (secondary N) is 2. The van der Waals surface area contributed by atoms with Crippen molar-refractivity contribution in [2.45, 2.75) is 12.5 Å². The van der Waals surface area contributed by atoms with Crippen molar-refractivity contribution in [3.63, 3.8) is 0 Å². The topological polar surface area (TPSA) is 61.4 Å². The van der Waals surface area contributed by atoms with Crippen LogP contribution in [0.2, 0.25) is 0 Å². The second kappa shape index (κ2) is 7.58. The Kier molecular flexibility index (Phi) is 5.77. The number of hydrogen-bond acceptors (Lipinski definition) is 3. The van der Waals surface area contributed by atoms with Gasteiger partial charge in [0.2, 0.25) is 5.91 Å². The maximum atomic E-state index is 12.0. The van der Waals surface area contributed by atoms with E-state index in [1.807, 2.05) is 24.3 Å². The average molecular weight is 321 g/mol. The van der Waals surface area contributed by atoms with Crippen molar-refractivity contribution >= 4 is 29.1 Å². The molecule has 0 spiro atoms. The van der Waals surface area contributed by atoms with Crippen LogP contribution in [-0.2, 0) is 11.2 Å². The number of amides is 1. The number of rotatable bonds is 4. The zero-order valence-corrected chi connectivity index (χ0v) is 13.1. The predicted octanol–water partition coefficient (Wildman–Crippen LogP) is 1.50. The van der Waals surface area contributed by atoms with E-state index in [9.17, 15) is 9.90 Å². The van der Waals surface area contributed by atoms with Crippen LogP contribution in [0.4, 0.5) is 0 Å². The van der Waals surface area contributed by atoms with Crippen LogP contribution < -0.4 is 10.6 Å². The number of halogens is 1. The summed E-state index contributed by atoms with van der Waals surface area (Å²) in [5, 5.41) is 18.1. The zero-order chi connectivity index (χ0) is 14.7. The SMILES string of the molecule is Cl.O=C(Cc1ccc2ccccc2c1)NCC1CNCC1O. The van der Waals surface area contributed by atoms with E-state index in [0.717, 1.165) is 17.5 Å². The molecule has 0 aromatic heterocycles. The molecule has 22 heavy (non-hydrogen) atoms. The number of benzene rings is 2. The van der Waals surface area contributed by atoms with E-state index in [2.05, 4.69) is 28.8 Å². The van der Waals surface area contributed by atoms with Crippen molar-refractivity contribution in [3.8, 4) is 0 Å². The summed E-state index contributed by atoms with van der Waals surface area (Å²) >= 11 is 0. The largest absolute Gasteiger partial charge is 0.391 e. The fourth-order valence-electron chi connectivity index (χ4n) is 2.77. The van der Waals surface area contributed by atoms with E-state index in [4.69, 9.17) is 0 Å². The summed E-state index contributed by atoms with van der Waals surface area (Å²) in [4.78, 5) is 12.0. The third-order valence-electron chi connectivity index (χ3n) is 4.04. The molecule has 0 radical (unpaired) electrons. The fraction of sp³-hybridized carbons (Fsp3) is 0.353. The molecule has 3 N–H and O–H groups in total. The van der Waals surface area contributed by atoms with Crippen LogP contribution in [0.15, 0.2) is 42.5 Å². The van der Waals surface area contributed by atoms with Gasteiger partial charge in [-0.2, -0.15) is 0 Å². The van der Waals surface area contributed by atoms with Gasteiger partial charge < -0.3 is 15.7 Å². The van der Waals surface area contributed by atoms with Crippen LogP contribution in [-0.4, -0.2) is 36.8 Å². The molecule has 1 aliphatic rings. The summed E-state index contributed by atoms with van der Waals surface area (Å²) in [6, 6.07) is 14.2. The van der Waals surface area contributed by atoms with Crippen molar-refractivity contribution in [1.82, 2.24) is 10.6 Å². The molecule has 1 amide bonds. The van der Waals surface area contributed by atoms with Crippen molar-refractivity contribution in [1.29, 1.82) is 0 Å². The van der Waals surface area contributed by atoms with Crippen LogP contribution >= 0.6 is 12.4 Å². The van der Waals surface area contributed by atoms with E-state index in [0.29, 0.717) is 19.5 Å². The second-order valence-corrected chi connectivity index (χ2v) is 5.65. The molecule has 2 unspecified atom stereocenters. The van der Waals surface area contributed by atoms with Gasteiger partial charge in [-0.25, -0.2) is 0 Å². The Morgan fingerprint density at radius 1 is 1.18 bits per heavy atom. The van der Waals surface area contributed by atoms with Crippen LogP contribution in [0, 0.1) is 5.92 Å². The third-order valence-corrected chi connectivity index (χ3v) is 4.04. The zero-order valence-electron chi connectivity index (χ0n) is 12.3. The van der Waals surface area contributed by atoms with Gasteiger partial charge in [0, 0.05) is 25.6 Å². The lowest BCUT2D eigenvalue weighted by molar-refractivity contribution is -0.120. The molecule has 2 aromatic carbocycles. The molecular formula is C17H21ClN2O2. The van der Waals surface area contributed by atoms with Gasteiger partial charge in [-0.15, -0.1) is 12.4 Å². The predicted molar refractivity (Wildman–Crippen MR) is 90.3 cm³/mol. The Balaban J connectivity index is 0.00000176. The number of β-amino-alcohol motifs (C(OH)–C–C–N with tert-alkyl or cyclic N) is 1. The molecule has 2 aromatic rings. The van der Waals surface area contributed by atoms with E-state index in [1.165, 1.54) is 5.39 Å². The van der Waals surface area contributed by atoms with E-state index < -0.39 is 0 Å². The van der Waals surface area contributed by atoms with E-state index >= 15 is 0 Å². The Labute approximate surface area is 136 Å². The Hall–Kier alpha value is -1.62.